The second-order valence-electron chi connectivity index (χ2n) is 5.87. The SMILES string of the molecule is C[Si](C)(/C=C/CCCc1ccccc1)c1ccccc1. The van der Waals surface area contributed by atoms with Crippen molar-refractivity contribution < 1.29 is 0 Å². The molecule has 2 rings (SSSR count). The second-order valence-corrected chi connectivity index (χ2v) is 10.2. The standard InChI is InChI=1S/C19H24Si/c1-20(2,19-15-9-4-10-16-19)17-11-5-8-14-18-12-6-3-7-13-18/h3-4,6-7,9-13,15-17H,5,8,14H2,1-2H3/b17-11+. The number of benzene rings is 2. The zero-order chi connectivity index (χ0) is 14.3. The highest BCUT2D eigenvalue weighted by atomic mass is 28.3. The summed E-state index contributed by atoms with van der Waals surface area (Å²) in [5, 5.41) is 1.51. The van der Waals surface area contributed by atoms with Gasteiger partial charge in [-0.1, -0.05) is 90.7 Å². The molecular weight excluding hydrogens is 256 g/mol. The van der Waals surface area contributed by atoms with Crippen LogP contribution in [0.15, 0.2) is 72.4 Å². The van der Waals surface area contributed by atoms with E-state index in [9.17, 15) is 0 Å². The van der Waals surface area contributed by atoms with Gasteiger partial charge in [0.25, 0.3) is 0 Å². The first kappa shape index (κ1) is 14.8. The van der Waals surface area contributed by atoms with Crippen LogP contribution in [0.4, 0.5) is 0 Å². The Balaban J connectivity index is 1.81. The van der Waals surface area contributed by atoms with Gasteiger partial charge >= 0.3 is 0 Å². The molecule has 0 aliphatic carbocycles. The van der Waals surface area contributed by atoms with Gasteiger partial charge in [0.15, 0.2) is 0 Å². The van der Waals surface area contributed by atoms with Gasteiger partial charge in [-0.05, 0) is 24.8 Å². The van der Waals surface area contributed by atoms with Crippen LogP contribution in [0.5, 0.6) is 0 Å². The van der Waals surface area contributed by atoms with E-state index in [0.29, 0.717) is 0 Å². The summed E-state index contributed by atoms with van der Waals surface area (Å²) >= 11 is 0. The van der Waals surface area contributed by atoms with Gasteiger partial charge in [-0.3, -0.25) is 0 Å². The summed E-state index contributed by atoms with van der Waals surface area (Å²) in [5.41, 5.74) is 3.92. The van der Waals surface area contributed by atoms with Crippen LogP contribution in [0, 0.1) is 0 Å². The number of hydrogen-bond acceptors (Lipinski definition) is 0. The first-order valence-corrected chi connectivity index (χ1v) is 10.5. The van der Waals surface area contributed by atoms with Crippen molar-refractivity contribution in [1.29, 1.82) is 0 Å². The number of hydrogen-bond donors (Lipinski definition) is 0. The maximum absolute atomic E-state index is 2.48. The lowest BCUT2D eigenvalue weighted by Crippen LogP contribution is -2.39. The van der Waals surface area contributed by atoms with E-state index in [0.717, 1.165) is 0 Å². The van der Waals surface area contributed by atoms with Crippen molar-refractivity contribution in [2.24, 2.45) is 0 Å². The predicted octanol–water partition coefficient (Wildman–Crippen LogP) is 4.72. The lowest BCUT2D eigenvalue weighted by Gasteiger charge is -2.18. The lowest BCUT2D eigenvalue weighted by atomic mass is 10.1. The summed E-state index contributed by atoms with van der Waals surface area (Å²) in [6.07, 6.45) is 5.98. The van der Waals surface area contributed by atoms with Gasteiger partial charge in [-0.2, -0.15) is 0 Å². The smallest absolute Gasteiger partial charge is 0.0943 e. The third-order valence-electron chi connectivity index (χ3n) is 3.73. The van der Waals surface area contributed by atoms with Gasteiger partial charge in [0, 0.05) is 0 Å². The van der Waals surface area contributed by atoms with Crippen LogP contribution in [0.3, 0.4) is 0 Å². The van der Waals surface area contributed by atoms with Gasteiger partial charge in [-0.15, -0.1) is 0 Å². The first-order chi connectivity index (χ1) is 9.68. The largest absolute Gasteiger partial charge is 0.103 e. The van der Waals surface area contributed by atoms with E-state index in [1.807, 2.05) is 0 Å². The van der Waals surface area contributed by atoms with Crippen molar-refractivity contribution in [2.45, 2.75) is 32.4 Å². The van der Waals surface area contributed by atoms with E-state index in [1.165, 1.54) is 30.0 Å². The summed E-state index contributed by atoms with van der Waals surface area (Å²) in [6, 6.07) is 21.7. The van der Waals surface area contributed by atoms with Crippen molar-refractivity contribution >= 4 is 13.3 Å². The molecule has 0 saturated heterocycles. The van der Waals surface area contributed by atoms with Crippen molar-refractivity contribution in [3.8, 4) is 0 Å². The molecule has 0 nitrogen and oxygen atoms in total. The van der Waals surface area contributed by atoms with E-state index in [1.54, 1.807) is 0 Å². The molecule has 2 aromatic carbocycles. The average Bonchev–Trinajstić information content (AvgIpc) is 2.49. The van der Waals surface area contributed by atoms with Crippen LogP contribution >= 0.6 is 0 Å². The molecule has 0 atom stereocenters. The molecule has 0 aliphatic rings. The molecule has 1 heteroatoms. The average molecular weight is 280 g/mol. The zero-order valence-electron chi connectivity index (χ0n) is 12.5. The molecule has 0 saturated carbocycles. The minimum absolute atomic E-state index is 1.18. The van der Waals surface area contributed by atoms with Gasteiger partial charge < -0.3 is 0 Å². The molecule has 104 valence electrons. The second kappa shape index (κ2) is 7.25. The topological polar surface area (TPSA) is 0 Å². The van der Waals surface area contributed by atoms with Crippen LogP contribution in [-0.2, 0) is 6.42 Å². The summed E-state index contributed by atoms with van der Waals surface area (Å²) < 4.78 is 0. The van der Waals surface area contributed by atoms with E-state index in [2.05, 4.69) is 85.5 Å². The normalized spacial score (nSPS) is 11.9. The molecule has 0 radical (unpaired) electrons. The van der Waals surface area contributed by atoms with Crippen molar-refractivity contribution in [3.63, 3.8) is 0 Å². The Labute approximate surface area is 124 Å². The zero-order valence-corrected chi connectivity index (χ0v) is 13.5. The van der Waals surface area contributed by atoms with Gasteiger partial charge in [0.2, 0.25) is 0 Å². The highest BCUT2D eigenvalue weighted by molar-refractivity contribution is 6.93. The molecule has 0 unspecified atom stereocenters. The van der Waals surface area contributed by atoms with Gasteiger partial charge in [0.1, 0.15) is 8.07 Å². The fourth-order valence-corrected chi connectivity index (χ4v) is 4.41. The predicted molar refractivity (Wildman–Crippen MR) is 92.1 cm³/mol. The fourth-order valence-electron chi connectivity index (χ4n) is 2.41. The minimum Gasteiger partial charge on any atom is -0.0943 e. The molecule has 0 aromatic heterocycles. The van der Waals surface area contributed by atoms with E-state index < -0.39 is 8.07 Å². The molecule has 0 aliphatic heterocycles. The molecule has 2 aromatic rings. The molecule has 0 fully saturated rings. The quantitative estimate of drug-likeness (QED) is 0.530. The third-order valence-corrected chi connectivity index (χ3v) is 6.62. The molecule has 0 spiro atoms. The van der Waals surface area contributed by atoms with Gasteiger partial charge in [-0.25, -0.2) is 0 Å². The molecule has 0 N–H and O–H groups in total. The Bertz CT molecular complexity index is 526. The Morgan fingerprint density at radius 1 is 0.850 bits per heavy atom. The Hall–Kier alpha value is -1.60. The summed E-state index contributed by atoms with van der Waals surface area (Å²) in [5.74, 6) is 0. The molecule has 0 amide bonds. The molecule has 20 heavy (non-hydrogen) atoms. The Kier molecular flexibility index (Phi) is 5.37. The van der Waals surface area contributed by atoms with Crippen molar-refractivity contribution in [1.82, 2.24) is 0 Å². The third kappa shape index (κ3) is 4.50. The monoisotopic (exact) mass is 280 g/mol. The summed E-state index contributed by atoms with van der Waals surface area (Å²) in [4.78, 5) is 0. The van der Waals surface area contributed by atoms with Crippen LogP contribution in [0.25, 0.3) is 0 Å². The van der Waals surface area contributed by atoms with Crippen LogP contribution in [0.2, 0.25) is 13.1 Å². The molecule has 0 bridgehead atoms. The Morgan fingerprint density at radius 2 is 1.45 bits per heavy atom. The van der Waals surface area contributed by atoms with Crippen molar-refractivity contribution in [2.75, 3.05) is 0 Å². The first-order valence-electron chi connectivity index (χ1n) is 7.46. The minimum atomic E-state index is -1.39. The highest BCUT2D eigenvalue weighted by Crippen LogP contribution is 2.08. The summed E-state index contributed by atoms with van der Waals surface area (Å²) in [7, 11) is -1.39. The van der Waals surface area contributed by atoms with Crippen LogP contribution in [-0.4, -0.2) is 8.07 Å². The van der Waals surface area contributed by atoms with Crippen LogP contribution in [0.1, 0.15) is 18.4 Å². The number of allylic oxidation sites excluding steroid dienone is 1. The summed E-state index contributed by atoms with van der Waals surface area (Å²) in [6.45, 7) is 4.83. The van der Waals surface area contributed by atoms with Crippen LogP contribution < -0.4 is 5.19 Å². The highest BCUT2D eigenvalue weighted by Gasteiger charge is 2.18. The number of rotatable bonds is 6. The van der Waals surface area contributed by atoms with E-state index in [4.69, 9.17) is 0 Å². The Morgan fingerprint density at radius 3 is 2.10 bits per heavy atom. The molecular formula is C19H24Si. The van der Waals surface area contributed by atoms with Crippen molar-refractivity contribution in [3.05, 3.63) is 78.0 Å². The van der Waals surface area contributed by atoms with E-state index >= 15 is 0 Å². The number of unbranched alkanes of at least 4 members (excludes halogenated alkanes) is 1. The van der Waals surface area contributed by atoms with Gasteiger partial charge in [0.05, 0.1) is 0 Å². The number of aryl methyl sites for hydroxylation is 1. The maximum Gasteiger partial charge on any atom is 0.103 e. The molecule has 0 heterocycles. The fraction of sp³-hybridized carbons (Fsp3) is 0.263. The van der Waals surface area contributed by atoms with E-state index in [-0.39, 0.29) is 0 Å². The maximum atomic E-state index is 2.48. The lowest BCUT2D eigenvalue weighted by molar-refractivity contribution is 0.843.